The lowest BCUT2D eigenvalue weighted by Crippen LogP contribution is -2.35. The highest BCUT2D eigenvalue weighted by Crippen LogP contribution is 2.23. The van der Waals surface area contributed by atoms with Crippen molar-refractivity contribution in [3.05, 3.63) is 53.9 Å². The smallest absolute Gasteiger partial charge is 0.254 e. The van der Waals surface area contributed by atoms with E-state index in [9.17, 15) is 4.79 Å². The van der Waals surface area contributed by atoms with Gasteiger partial charge in [-0.15, -0.1) is 0 Å². The van der Waals surface area contributed by atoms with Crippen molar-refractivity contribution in [3.8, 4) is 0 Å². The van der Waals surface area contributed by atoms with E-state index in [4.69, 9.17) is 0 Å². The Hall–Kier alpha value is -2.47. The van der Waals surface area contributed by atoms with E-state index in [1.54, 1.807) is 12.4 Å². The van der Waals surface area contributed by atoms with E-state index in [1.807, 2.05) is 19.0 Å². The van der Waals surface area contributed by atoms with Crippen LogP contribution in [-0.4, -0.2) is 61.0 Å². The zero-order valence-electron chi connectivity index (χ0n) is 16.3. The Morgan fingerprint density at radius 3 is 2.44 bits per heavy atom. The number of benzene rings is 1. The summed E-state index contributed by atoms with van der Waals surface area (Å²) in [4.78, 5) is 25.2. The highest BCUT2D eigenvalue weighted by Gasteiger charge is 2.21. The molecule has 6 heteroatoms. The number of hydrogen-bond acceptors (Lipinski definition) is 5. The Morgan fingerprint density at radius 1 is 1.15 bits per heavy atom. The molecule has 0 radical (unpaired) electrons. The van der Waals surface area contributed by atoms with Crippen molar-refractivity contribution >= 4 is 11.9 Å². The minimum absolute atomic E-state index is 0.120. The summed E-state index contributed by atoms with van der Waals surface area (Å²) < 4.78 is 0. The Labute approximate surface area is 161 Å². The van der Waals surface area contributed by atoms with E-state index in [0.717, 1.165) is 44.8 Å². The highest BCUT2D eigenvalue weighted by atomic mass is 16.1. The monoisotopic (exact) mass is 367 g/mol. The normalized spacial score (nSPS) is 15.1. The van der Waals surface area contributed by atoms with Gasteiger partial charge in [-0.2, -0.15) is 0 Å². The number of nitrogens with one attached hydrogen (secondary N) is 1. The fourth-order valence-electron chi connectivity index (χ4n) is 3.38. The van der Waals surface area contributed by atoms with Gasteiger partial charge in [0.05, 0.1) is 5.56 Å². The summed E-state index contributed by atoms with van der Waals surface area (Å²) in [7, 11) is 3.96. The van der Waals surface area contributed by atoms with Crippen LogP contribution in [0.3, 0.4) is 0 Å². The molecule has 2 aromatic rings. The molecule has 1 aromatic carbocycles. The van der Waals surface area contributed by atoms with Gasteiger partial charge in [-0.05, 0) is 44.8 Å². The molecule has 3 rings (SSSR count). The Balaban J connectivity index is 1.47. The van der Waals surface area contributed by atoms with Gasteiger partial charge < -0.3 is 15.1 Å². The molecule has 27 heavy (non-hydrogen) atoms. The first-order valence-electron chi connectivity index (χ1n) is 9.65. The summed E-state index contributed by atoms with van der Waals surface area (Å²) in [5.74, 6) is 1.31. The molecule has 1 aliphatic rings. The van der Waals surface area contributed by atoms with Crippen LogP contribution in [-0.2, 0) is 6.42 Å². The van der Waals surface area contributed by atoms with Gasteiger partial charge in [0.1, 0.15) is 0 Å². The molecule has 2 heterocycles. The van der Waals surface area contributed by atoms with E-state index in [0.29, 0.717) is 18.0 Å². The second-order valence-corrected chi connectivity index (χ2v) is 7.45. The molecule has 1 aliphatic heterocycles. The molecule has 1 N–H and O–H groups in total. The number of piperidine rings is 1. The van der Waals surface area contributed by atoms with E-state index in [1.165, 1.54) is 5.56 Å². The van der Waals surface area contributed by atoms with Crippen LogP contribution in [0.15, 0.2) is 42.7 Å². The third-order valence-electron chi connectivity index (χ3n) is 5.01. The average molecular weight is 367 g/mol. The number of anilines is 1. The lowest BCUT2D eigenvalue weighted by molar-refractivity contribution is 0.0950. The van der Waals surface area contributed by atoms with Crippen LogP contribution < -0.4 is 10.2 Å². The fourth-order valence-corrected chi connectivity index (χ4v) is 3.38. The topological polar surface area (TPSA) is 61.4 Å². The Bertz CT molecular complexity index is 709. The molecule has 0 bridgehead atoms. The maximum absolute atomic E-state index is 12.1. The van der Waals surface area contributed by atoms with Crippen molar-refractivity contribution in [2.24, 2.45) is 5.92 Å². The quantitative estimate of drug-likeness (QED) is 0.813. The lowest BCUT2D eigenvalue weighted by Gasteiger charge is -2.32. The standard InChI is InChI=1S/C21H29N5O/c1-25(2)13-10-22-20(27)19-15-23-21(24-16-19)26-11-8-18(9-12-26)14-17-6-4-3-5-7-17/h3-7,15-16,18H,8-14H2,1-2H3,(H,22,27). The van der Waals surface area contributed by atoms with Gasteiger partial charge in [0, 0.05) is 38.6 Å². The van der Waals surface area contributed by atoms with Crippen molar-refractivity contribution in [2.45, 2.75) is 19.3 Å². The molecule has 0 spiro atoms. The van der Waals surface area contributed by atoms with Crippen LogP contribution in [0.2, 0.25) is 0 Å². The second kappa shape index (κ2) is 9.46. The molecular formula is C21H29N5O. The molecule has 0 unspecified atom stereocenters. The summed E-state index contributed by atoms with van der Waals surface area (Å²) in [5.41, 5.74) is 1.92. The summed E-state index contributed by atoms with van der Waals surface area (Å²) in [6.45, 7) is 3.35. The third-order valence-corrected chi connectivity index (χ3v) is 5.01. The summed E-state index contributed by atoms with van der Waals surface area (Å²) >= 11 is 0. The SMILES string of the molecule is CN(C)CCNC(=O)c1cnc(N2CCC(Cc3ccccc3)CC2)nc1. The second-order valence-electron chi connectivity index (χ2n) is 7.45. The van der Waals surface area contributed by atoms with E-state index in [2.05, 4.69) is 50.5 Å². The molecule has 1 fully saturated rings. The summed E-state index contributed by atoms with van der Waals surface area (Å²) in [6.07, 6.45) is 6.68. The van der Waals surface area contributed by atoms with E-state index in [-0.39, 0.29) is 5.91 Å². The fraction of sp³-hybridized carbons (Fsp3) is 0.476. The van der Waals surface area contributed by atoms with Crippen molar-refractivity contribution in [2.75, 3.05) is 45.2 Å². The number of hydrogen-bond donors (Lipinski definition) is 1. The molecule has 0 aliphatic carbocycles. The third kappa shape index (κ3) is 5.76. The van der Waals surface area contributed by atoms with Gasteiger partial charge in [0.25, 0.3) is 5.91 Å². The van der Waals surface area contributed by atoms with Crippen LogP contribution >= 0.6 is 0 Å². The highest BCUT2D eigenvalue weighted by molar-refractivity contribution is 5.93. The van der Waals surface area contributed by atoms with E-state index < -0.39 is 0 Å². The van der Waals surface area contributed by atoms with Gasteiger partial charge in [0.2, 0.25) is 5.95 Å². The summed E-state index contributed by atoms with van der Waals surface area (Å²) in [6, 6.07) is 10.7. The molecule has 6 nitrogen and oxygen atoms in total. The first-order chi connectivity index (χ1) is 13.1. The maximum atomic E-state index is 12.1. The van der Waals surface area contributed by atoms with Crippen LogP contribution in [0.25, 0.3) is 0 Å². The minimum atomic E-state index is -0.120. The van der Waals surface area contributed by atoms with E-state index >= 15 is 0 Å². The van der Waals surface area contributed by atoms with Gasteiger partial charge in [0.15, 0.2) is 0 Å². The number of nitrogens with zero attached hydrogens (tertiary/aromatic N) is 4. The molecule has 0 saturated carbocycles. The van der Waals surface area contributed by atoms with Gasteiger partial charge in [-0.25, -0.2) is 9.97 Å². The van der Waals surface area contributed by atoms with Crippen molar-refractivity contribution in [1.82, 2.24) is 20.2 Å². The Morgan fingerprint density at radius 2 is 1.81 bits per heavy atom. The predicted molar refractivity (Wildman–Crippen MR) is 108 cm³/mol. The first kappa shape index (κ1) is 19.3. The molecule has 1 saturated heterocycles. The van der Waals surface area contributed by atoms with Crippen molar-refractivity contribution in [3.63, 3.8) is 0 Å². The number of aromatic nitrogens is 2. The maximum Gasteiger partial charge on any atom is 0.254 e. The van der Waals surface area contributed by atoms with Crippen molar-refractivity contribution < 1.29 is 4.79 Å². The van der Waals surface area contributed by atoms with Crippen LogP contribution in [0, 0.1) is 5.92 Å². The largest absolute Gasteiger partial charge is 0.351 e. The van der Waals surface area contributed by atoms with Crippen LogP contribution in [0.1, 0.15) is 28.8 Å². The number of carbonyl (C=O) groups excluding carboxylic acids is 1. The number of likely N-dealkylation sites (N-methyl/N-ethyl adjacent to an activating group) is 1. The van der Waals surface area contributed by atoms with Crippen LogP contribution in [0.5, 0.6) is 0 Å². The van der Waals surface area contributed by atoms with Crippen molar-refractivity contribution in [1.29, 1.82) is 0 Å². The van der Waals surface area contributed by atoms with Gasteiger partial charge in [-0.3, -0.25) is 4.79 Å². The number of carbonyl (C=O) groups is 1. The first-order valence-corrected chi connectivity index (χ1v) is 9.65. The lowest BCUT2D eigenvalue weighted by atomic mass is 9.90. The molecule has 1 amide bonds. The minimum Gasteiger partial charge on any atom is -0.351 e. The zero-order chi connectivity index (χ0) is 19.1. The van der Waals surface area contributed by atoms with Gasteiger partial charge >= 0.3 is 0 Å². The molecule has 1 aromatic heterocycles. The molecule has 144 valence electrons. The predicted octanol–water partition coefficient (Wildman–Crippen LogP) is 2.23. The van der Waals surface area contributed by atoms with Gasteiger partial charge in [-0.1, -0.05) is 30.3 Å². The number of amides is 1. The Kier molecular flexibility index (Phi) is 6.76. The number of rotatable bonds is 7. The zero-order valence-corrected chi connectivity index (χ0v) is 16.3. The molecular weight excluding hydrogens is 338 g/mol. The summed E-state index contributed by atoms with van der Waals surface area (Å²) in [5, 5.41) is 2.88. The molecule has 0 atom stereocenters. The van der Waals surface area contributed by atoms with Crippen LogP contribution in [0.4, 0.5) is 5.95 Å². The average Bonchev–Trinajstić information content (AvgIpc) is 2.69.